The lowest BCUT2D eigenvalue weighted by Gasteiger charge is -2.31. The molecule has 0 aliphatic rings. The molecule has 0 bridgehead atoms. The van der Waals surface area contributed by atoms with Crippen molar-refractivity contribution in [3.63, 3.8) is 0 Å². The van der Waals surface area contributed by atoms with Gasteiger partial charge in [0, 0.05) is 6.04 Å². The molecule has 0 amide bonds. The lowest BCUT2D eigenvalue weighted by molar-refractivity contribution is 0.371. The second kappa shape index (κ2) is 6.37. The van der Waals surface area contributed by atoms with Crippen molar-refractivity contribution in [1.82, 2.24) is 0 Å². The van der Waals surface area contributed by atoms with Crippen molar-refractivity contribution in [3.05, 3.63) is 12.7 Å². The maximum absolute atomic E-state index is 11.4. The van der Waals surface area contributed by atoms with Crippen LogP contribution in [0.4, 0.5) is 0 Å². The zero-order valence-corrected chi connectivity index (χ0v) is 11.0. The van der Waals surface area contributed by atoms with Gasteiger partial charge in [-0.05, 0) is 19.8 Å². The largest absolute Gasteiger partial charge is 0.326 e. The van der Waals surface area contributed by atoms with Gasteiger partial charge in [-0.15, -0.1) is 6.58 Å². The molecule has 0 spiro atoms. The van der Waals surface area contributed by atoms with E-state index >= 15 is 0 Å². The van der Waals surface area contributed by atoms with Crippen LogP contribution in [-0.2, 0) is 10.1 Å². The van der Waals surface area contributed by atoms with E-state index in [0.717, 1.165) is 19.3 Å². The second-order valence-corrected chi connectivity index (χ2v) is 6.26. The molecule has 0 aliphatic heterocycles. The summed E-state index contributed by atoms with van der Waals surface area (Å²) < 4.78 is 30.8. The molecule has 16 heavy (non-hydrogen) atoms. The fourth-order valence-electron chi connectivity index (χ4n) is 1.66. The van der Waals surface area contributed by atoms with Gasteiger partial charge in [-0.1, -0.05) is 32.3 Å². The Kier molecular flexibility index (Phi) is 6.22. The number of nitrogens with two attached hydrogens (primary N) is 1. The molecule has 0 heterocycles. The minimum absolute atomic E-state index is 0.377. The van der Waals surface area contributed by atoms with Gasteiger partial charge in [0.1, 0.15) is 4.75 Å². The predicted molar refractivity (Wildman–Crippen MR) is 66.9 cm³/mol. The van der Waals surface area contributed by atoms with E-state index in [0.29, 0.717) is 12.8 Å². The van der Waals surface area contributed by atoms with E-state index in [9.17, 15) is 13.0 Å². The molecule has 3 N–H and O–H groups in total. The van der Waals surface area contributed by atoms with Crippen molar-refractivity contribution in [2.24, 2.45) is 5.73 Å². The molecule has 2 unspecified atom stereocenters. The van der Waals surface area contributed by atoms with E-state index in [1.807, 2.05) is 6.92 Å². The summed E-state index contributed by atoms with van der Waals surface area (Å²) in [7, 11) is -4.14. The highest BCUT2D eigenvalue weighted by Crippen LogP contribution is 2.28. The first kappa shape index (κ1) is 15.6. The van der Waals surface area contributed by atoms with Crippen molar-refractivity contribution < 1.29 is 13.0 Å². The third-order valence-corrected chi connectivity index (χ3v) is 4.76. The van der Waals surface area contributed by atoms with Gasteiger partial charge in [-0.2, -0.15) is 8.42 Å². The topological polar surface area (TPSA) is 80.4 Å². The molecule has 0 aromatic heterocycles. The summed E-state index contributed by atoms with van der Waals surface area (Å²) in [6, 6.07) is -0.614. The van der Waals surface area contributed by atoms with Crippen LogP contribution in [0.2, 0.25) is 0 Å². The lowest BCUT2D eigenvalue weighted by atomic mass is 9.92. The Labute approximate surface area is 98.7 Å². The molecule has 0 aromatic carbocycles. The van der Waals surface area contributed by atoms with Gasteiger partial charge in [-0.3, -0.25) is 4.55 Å². The average molecular weight is 249 g/mol. The first-order valence-electron chi connectivity index (χ1n) is 5.63. The van der Waals surface area contributed by atoms with Crippen molar-refractivity contribution in [2.45, 2.75) is 56.7 Å². The summed E-state index contributed by atoms with van der Waals surface area (Å²) in [4.78, 5) is 0. The highest BCUT2D eigenvalue weighted by Gasteiger charge is 2.42. The summed E-state index contributed by atoms with van der Waals surface area (Å²) in [6.07, 6.45) is 5.02. The van der Waals surface area contributed by atoms with Gasteiger partial charge >= 0.3 is 0 Å². The van der Waals surface area contributed by atoms with Crippen molar-refractivity contribution in [1.29, 1.82) is 0 Å². The number of rotatable bonds is 8. The average Bonchev–Trinajstić information content (AvgIpc) is 2.16. The SMILES string of the molecule is C=CCC(N)C(C)(CCCCC)S(=O)(=O)O. The van der Waals surface area contributed by atoms with E-state index in [-0.39, 0.29) is 0 Å². The predicted octanol–water partition coefficient (Wildman–Crippen LogP) is 2.12. The third kappa shape index (κ3) is 3.88. The molecule has 0 fully saturated rings. The molecule has 5 heteroatoms. The van der Waals surface area contributed by atoms with Gasteiger partial charge in [-0.25, -0.2) is 0 Å². The van der Waals surface area contributed by atoms with E-state index in [4.69, 9.17) is 5.73 Å². The van der Waals surface area contributed by atoms with Crippen molar-refractivity contribution in [3.8, 4) is 0 Å². The van der Waals surface area contributed by atoms with Gasteiger partial charge in [0.15, 0.2) is 0 Å². The first-order chi connectivity index (χ1) is 7.29. The molecular weight excluding hydrogens is 226 g/mol. The molecule has 0 aliphatic carbocycles. The molecule has 0 saturated heterocycles. The summed E-state index contributed by atoms with van der Waals surface area (Å²) in [5, 5.41) is 0. The Morgan fingerprint density at radius 3 is 2.44 bits per heavy atom. The lowest BCUT2D eigenvalue weighted by Crippen LogP contribution is -2.51. The first-order valence-corrected chi connectivity index (χ1v) is 7.07. The minimum atomic E-state index is -4.14. The van der Waals surface area contributed by atoms with Gasteiger partial charge in [0.05, 0.1) is 0 Å². The second-order valence-electron chi connectivity index (χ2n) is 4.38. The number of hydrogen-bond donors (Lipinski definition) is 2. The van der Waals surface area contributed by atoms with Crippen LogP contribution in [-0.4, -0.2) is 23.8 Å². The summed E-state index contributed by atoms with van der Waals surface area (Å²) >= 11 is 0. The fraction of sp³-hybridized carbons (Fsp3) is 0.818. The smallest absolute Gasteiger partial charge is 0.271 e. The van der Waals surface area contributed by atoms with E-state index in [2.05, 4.69) is 6.58 Å². The van der Waals surface area contributed by atoms with Gasteiger partial charge < -0.3 is 5.73 Å². The molecule has 0 radical (unpaired) electrons. The standard InChI is InChI=1S/C11H23NO3S/c1-4-6-7-9-11(3,16(13,14)15)10(12)8-5-2/h5,10H,2,4,6-9,12H2,1,3H3,(H,13,14,15). The zero-order valence-electron chi connectivity index (χ0n) is 10.1. The van der Waals surface area contributed by atoms with Crippen molar-refractivity contribution in [2.75, 3.05) is 0 Å². The molecule has 0 saturated carbocycles. The maximum atomic E-state index is 11.4. The van der Waals surface area contributed by atoms with Crippen LogP contribution in [0.25, 0.3) is 0 Å². The fourth-order valence-corrected chi connectivity index (χ4v) is 2.54. The van der Waals surface area contributed by atoms with Crippen LogP contribution in [0.3, 0.4) is 0 Å². The van der Waals surface area contributed by atoms with Crippen LogP contribution in [0, 0.1) is 0 Å². The molecule has 0 rings (SSSR count). The van der Waals surface area contributed by atoms with Crippen molar-refractivity contribution >= 4 is 10.1 Å². The Morgan fingerprint density at radius 2 is 2.06 bits per heavy atom. The number of unbranched alkanes of at least 4 members (excludes halogenated alkanes) is 2. The van der Waals surface area contributed by atoms with Gasteiger partial charge in [0.2, 0.25) is 0 Å². The van der Waals surface area contributed by atoms with Crippen LogP contribution >= 0.6 is 0 Å². The summed E-state index contributed by atoms with van der Waals surface area (Å²) in [6.45, 7) is 7.08. The van der Waals surface area contributed by atoms with Crippen LogP contribution in [0.5, 0.6) is 0 Å². The Hall–Kier alpha value is -0.390. The van der Waals surface area contributed by atoms with E-state index in [1.165, 1.54) is 6.92 Å². The molecular formula is C11H23NO3S. The monoisotopic (exact) mass is 249 g/mol. The highest BCUT2D eigenvalue weighted by molar-refractivity contribution is 7.87. The molecule has 96 valence electrons. The van der Waals surface area contributed by atoms with Crippen LogP contribution < -0.4 is 5.73 Å². The van der Waals surface area contributed by atoms with E-state index in [1.54, 1.807) is 6.08 Å². The van der Waals surface area contributed by atoms with Crippen LogP contribution in [0.15, 0.2) is 12.7 Å². The van der Waals surface area contributed by atoms with E-state index < -0.39 is 20.9 Å². The molecule has 2 atom stereocenters. The van der Waals surface area contributed by atoms with Gasteiger partial charge in [0.25, 0.3) is 10.1 Å². The Balaban J connectivity index is 4.82. The maximum Gasteiger partial charge on any atom is 0.271 e. The highest BCUT2D eigenvalue weighted by atomic mass is 32.2. The zero-order chi connectivity index (χ0) is 12.8. The quantitative estimate of drug-likeness (QED) is 0.392. The molecule has 0 aromatic rings. The third-order valence-electron chi connectivity index (χ3n) is 3.07. The van der Waals surface area contributed by atoms with Crippen LogP contribution in [0.1, 0.15) is 46.0 Å². The Bertz CT molecular complexity index is 313. The minimum Gasteiger partial charge on any atom is -0.326 e. The molecule has 4 nitrogen and oxygen atoms in total. The number of hydrogen-bond acceptors (Lipinski definition) is 3. The summed E-state index contributed by atoms with van der Waals surface area (Å²) in [5.74, 6) is 0. The Morgan fingerprint density at radius 1 is 1.50 bits per heavy atom. The summed E-state index contributed by atoms with van der Waals surface area (Å²) in [5.41, 5.74) is 5.82. The normalized spacial score (nSPS) is 17.8.